The molecule has 0 aliphatic heterocycles. The van der Waals surface area contributed by atoms with Gasteiger partial charge < -0.3 is 10.2 Å². The Hall–Kier alpha value is -1.84. The lowest BCUT2D eigenvalue weighted by Gasteiger charge is -2.21. The van der Waals surface area contributed by atoms with Crippen LogP contribution in [0.1, 0.15) is 48.0 Å². The molecule has 4 heteroatoms. The van der Waals surface area contributed by atoms with Crippen LogP contribution in [0.15, 0.2) is 18.2 Å². The van der Waals surface area contributed by atoms with Crippen molar-refractivity contribution in [2.75, 3.05) is 19.4 Å². The summed E-state index contributed by atoms with van der Waals surface area (Å²) in [5.74, 6) is 2.21. The van der Waals surface area contributed by atoms with E-state index < -0.39 is 0 Å². The topological polar surface area (TPSA) is 49.4 Å². The van der Waals surface area contributed by atoms with Crippen molar-refractivity contribution in [2.24, 2.45) is 17.8 Å². The van der Waals surface area contributed by atoms with Gasteiger partial charge in [0.25, 0.3) is 5.91 Å². The van der Waals surface area contributed by atoms with Crippen molar-refractivity contribution < 1.29 is 9.59 Å². The predicted octanol–water partition coefficient (Wildman–Crippen LogP) is 3.46. The summed E-state index contributed by atoms with van der Waals surface area (Å²) >= 11 is 0. The number of aryl methyl sites for hydroxylation is 1. The first-order valence-corrected chi connectivity index (χ1v) is 8.56. The minimum Gasteiger partial charge on any atom is -0.345 e. The highest BCUT2D eigenvalue weighted by atomic mass is 16.2. The van der Waals surface area contributed by atoms with Gasteiger partial charge in [-0.05, 0) is 61.6 Å². The van der Waals surface area contributed by atoms with Gasteiger partial charge in [-0.2, -0.15) is 0 Å². The Labute approximate surface area is 138 Å². The maximum Gasteiger partial charge on any atom is 0.253 e. The molecule has 1 aromatic rings. The number of carbonyl (C=O) groups is 2. The summed E-state index contributed by atoms with van der Waals surface area (Å²) < 4.78 is 0. The van der Waals surface area contributed by atoms with Crippen molar-refractivity contribution in [2.45, 2.75) is 39.0 Å². The lowest BCUT2D eigenvalue weighted by molar-refractivity contribution is -0.117. The number of benzene rings is 1. The SMILES string of the molecule is Cc1ccc(C(=O)N(C)C)cc1NC(=O)CC1CC2CCC1C2. The molecule has 0 spiro atoms. The maximum atomic E-state index is 12.4. The first kappa shape index (κ1) is 16.0. The zero-order valence-electron chi connectivity index (χ0n) is 14.3. The third-order valence-electron chi connectivity index (χ3n) is 5.50. The molecule has 124 valence electrons. The summed E-state index contributed by atoms with van der Waals surface area (Å²) in [5.41, 5.74) is 2.35. The van der Waals surface area contributed by atoms with E-state index in [2.05, 4.69) is 5.32 Å². The van der Waals surface area contributed by atoms with E-state index in [1.807, 2.05) is 19.1 Å². The molecule has 2 aliphatic carbocycles. The quantitative estimate of drug-likeness (QED) is 0.925. The Bertz CT molecular complexity index is 624. The van der Waals surface area contributed by atoms with Gasteiger partial charge in [-0.25, -0.2) is 0 Å². The third kappa shape index (κ3) is 3.41. The van der Waals surface area contributed by atoms with E-state index >= 15 is 0 Å². The number of anilines is 1. The van der Waals surface area contributed by atoms with E-state index in [0.29, 0.717) is 17.9 Å². The molecule has 1 aromatic carbocycles. The molecule has 2 aliphatic rings. The molecule has 2 saturated carbocycles. The second-order valence-electron chi connectivity index (χ2n) is 7.42. The van der Waals surface area contributed by atoms with Crippen LogP contribution in [0.3, 0.4) is 0 Å². The molecule has 3 rings (SSSR count). The number of carbonyl (C=O) groups excluding carboxylic acids is 2. The Morgan fingerprint density at radius 2 is 2.00 bits per heavy atom. The highest BCUT2D eigenvalue weighted by Crippen LogP contribution is 2.49. The van der Waals surface area contributed by atoms with Crippen LogP contribution >= 0.6 is 0 Å². The number of fused-ring (bicyclic) bond motifs is 2. The van der Waals surface area contributed by atoms with Crippen molar-refractivity contribution in [3.63, 3.8) is 0 Å². The molecule has 2 amide bonds. The second-order valence-corrected chi connectivity index (χ2v) is 7.42. The van der Waals surface area contributed by atoms with Crippen LogP contribution < -0.4 is 5.32 Å². The van der Waals surface area contributed by atoms with Gasteiger partial charge in [0, 0.05) is 31.8 Å². The van der Waals surface area contributed by atoms with Crippen molar-refractivity contribution in [3.05, 3.63) is 29.3 Å². The van der Waals surface area contributed by atoms with Crippen molar-refractivity contribution in [1.82, 2.24) is 4.90 Å². The molecule has 1 N–H and O–H groups in total. The van der Waals surface area contributed by atoms with Gasteiger partial charge in [0.15, 0.2) is 0 Å². The van der Waals surface area contributed by atoms with Gasteiger partial charge in [0.1, 0.15) is 0 Å². The molecule has 3 unspecified atom stereocenters. The highest BCUT2D eigenvalue weighted by Gasteiger charge is 2.40. The molecule has 23 heavy (non-hydrogen) atoms. The third-order valence-corrected chi connectivity index (χ3v) is 5.50. The van der Waals surface area contributed by atoms with E-state index in [1.54, 1.807) is 25.1 Å². The minimum absolute atomic E-state index is 0.0476. The Kier molecular flexibility index (Phi) is 4.42. The van der Waals surface area contributed by atoms with E-state index in [4.69, 9.17) is 0 Å². The normalized spacial score (nSPS) is 25.4. The largest absolute Gasteiger partial charge is 0.345 e. The molecule has 2 fully saturated rings. The van der Waals surface area contributed by atoms with E-state index in [0.717, 1.165) is 23.1 Å². The lowest BCUT2D eigenvalue weighted by atomic mass is 9.86. The molecule has 0 aromatic heterocycles. The van der Waals surface area contributed by atoms with Crippen LogP contribution in [0.5, 0.6) is 0 Å². The standard InChI is InChI=1S/C19H26N2O2/c1-12-4-6-15(19(23)21(2)3)10-17(12)20-18(22)11-16-9-13-5-7-14(16)8-13/h4,6,10,13-14,16H,5,7-9,11H2,1-3H3,(H,20,22). The van der Waals surface area contributed by atoms with Crippen molar-refractivity contribution >= 4 is 17.5 Å². The fourth-order valence-corrected chi connectivity index (χ4v) is 4.21. The summed E-state index contributed by atoms with van der Waals surface area (Å²) in [4.78, 5) is 26.0. The highest BCUT2D eigenvalue weighted by molar-refractivity contribution is 5.97. The van der Waals surface area contributed by atoms with Crippen LogP contribution in [-0.2, 0) is 4.79 Å². The zero-order chi connectivity index (χ0) is 16.6. The molecule has 4 nitrogen and oxygen atoms in total. The van der Waals surface area contributed by atoms with Gasteiger partial charge in [-0.3, -0.25) is 9.59 Å². The Morgan fingerprint density at radius 3 is 2.61 bits per heavy atom. The molecule has 0 radical (unpaired) electrons. The average Bonchev–Trinajstić information content (AvgIpc) is 3.11. The van der Waals surface area contributed by atoms with Crippen LogP contribution in [0.4, 0.5) is 5.69 Å². The fraction of sp³-hybridized carbons (Fsp3) is 0.579. The minimum atomic E-state index is -0.0476. The van der Waals surface area contributed by atoms with E-state index in [1.165, 1.54) is 25.7 Å². The Morgan fingerprint density at radius 1 is 1.22 bits per heavy atom. The van der Waals surface area contributed by atoms with Gasteiger partial charge in [0.2, 0.25) is 5.91 Å². The van der Waals surface area contributed by atoms with Gasteiger partial charge >= 0.3 is 0 Å². The molecule has 0 saturated heterocycles. The van der Waals surface area contributed by atoms with Crippen LogP contribution in [0.2, 0.25) is 0 Å². The molecular weight excluding hydrogens is 288 g/mol. The smallest absolute Gasteiger partial charge is 0.253 e. The van der Waals surface area contributed by atoms with Crippen LogP contribution in [0.25, 0.3) is 0 Å². The number of hydrogen-bond acceptors (Lipinski definition) is 2. The summed E-state index contributed by atoms with van der Waals surface area (Å²) in [7, 11) is 3.46. The van der Waals surface area contributed by atoms with E-state index in [9.17, 15) is 9.59 Å². The van der Waals surface area contributed by atoms with Gasteiger partial charge in [0.05, 0.1) is 0 Å². The average molecular weight is 314 g/mol. The summed E-state index contributed by atoms with van der Waals surface area (Å²) in [6.07, 6.45) is 5.82. The molecule has 2 bridgehead atoms. The fourth-order valence-electron chi connectivity index (χ4n) is 4.21. The van der Waals surface area contributed by atoms with Crippen molar-refractivity contribution in [3.8, 4) is 0 Å². The first-order chi connectivity index (χ1) is 10.9. The number of rotatable bonds is 4. The first-order valence-electron chi connectivity index (χ1n) is 8.56. The number of hydrogen-bond donors (Lipinski definition) is 1. The van der Waals surface area contributed by atoms with Gasteiger partial charge in [-0.1, -0.05) is 12.5 Å². The molecular formula is C19H26N2O2. The summed E-state index contributed by atoms with van der Waals surface area (Å²) in [6.45, 7) is 1.96. The van der Waals surface area contributed by atoms with Crippen LogP contribution in [-0.4, -0.2) is 30.8 Å². The zero-order valence-corrected chi connectivity index (χ0v) is 14.3. The molecule has 3 atom stereocenters. The van der Waals surface area contributed by atoms with Crippen LogP contribution in [0, 0.1) is 24.7 Å². The number of nitrogens with one attached hydrogen (secondary N) is 1. The Balaban J connectivity index is 1.66. The number of nitrogens with zero attached hydrogens (tertiary/aromatic N) is 1. The summed E-state index contributed by atoms with van der Waals surface area (Å²) in [5, 5.41) is 3.02. The maximum absolute atomic E-state index is 12.4. The predicted molar refractivity (Wildman–Crippen MR) is 91.4 cm³/mol. The summed E-state index contributed by atoms with van der Waals surface area (Å²) in [6, 6.07) is 5.49. The van der Waals surface area contributed by atoms with Gasteiger partial charge in [-0.15, -0.1) is 0 Å². The monoisotopic (exact) mass is 314 g/mol. The second kappa shape index (κ2) is 6.34. The molecule has 0 heterocycles. The lowest BCUT2D eigenvalue weighted by Crippen LogP contribution is -2.23. The van der Waals surface area contributed by atoms with Crippen molar-refractivity contribution in [1.29, 1.82) is 0 Å². The number of amides is 2. The van der Waals surface area contributed by atoms with E-state index in [-0.39, 0.29) is 11.8 Å².